The molecule has 2 aromatic heterocycles. The van der Waals surface area contributed by atoms with E-state index in [1.165, 1.54) is 0 Å². The van der Waals surface area contributed by atoms with Crippen molar-refractivity contribution in [2.24, 2.45) is 0 Å². The van der Waals surface area contributed by atoms with Crippen LogP contribution in [0, 0.1) is 0 Å². The Balaban J connectivity index is 1.60. The topological polar surface area (TPSA) is 70.1 Å². The SMILES string of the molecule is CCN1CCN(c2nncc(NCc3ccncc3)n2)CC1. The number of hydrogen-bond donors (Lipinski definition) is 1. The molecule has 1 aliphatic rings. The number of nitrogens with zero attached hydrogens (tertiary/aromatic N) is 6. The number of nitrogens with one attached hydrogen (secondary N) is 1. The van der Waals surface area contributed by atoms with Crippen LogP contribution in [-0.2, 0) is 6.54 Å². The molecule has 1 saturated heterocycles. The van der Waals surface area contributed by atoms with Gasteiger partial charge in [0, 0.05) is 45.1 Å². The Labute approximate surface area is 130 Å². The van der Waals surface area contributed by atoms with E-state index in [1.54, 1.807) is 18.6 Å². The first kappa shape index (κ1) is 14.6. The van der Waals surface area contributed by atoms with Gasteiger partial charge in [0.1, 0.15) is 0 Å². The zero-order valence-electron chi connectivity index (χ0n) is 12.8. The van der Waals surface area contributed by atoms with E-state index in [1.807, 2.05) is 12.1 Å². The largest absolute Gasteiger partial charge is 0.365 e. The average molecular weight is 299 g/mol. The Morgan fingerprint density at radius 1 is 1.14 bits per heavy atom. The van der Waals surface area contributed by atoms with Crippen LogP contribution in [0.15, 0.2) is 30.7 Å². The van der Waals surface area contributed by atoms with Crippen molar-refractivity contribution in [2.75, 3.05) is 42.9 Å². The van der Waals surface area contributed by atoms with E-state index >= 15 is 0 Å². The molecule has 7 heteroatoms. The van der Waals surface area contributed by atoms with Gasteiger partial charge in [-0.15, -0.1) is 5.10 Å². The van der Waals surface area contributed by atoms with E-state index in [0.717, 1.165) is 44.1 Å². The van der Waals surface area contributed by atoms with Gasteiger partial charge in [0.25, 0.3) is 0 Å². The van der Waals surface area contributed by atoms with Gasteiger partial charge in [-0.1, -0.05) is 6.92 Å². The summed E-state index contributed by atoms with van der Waals surface area (Å²) in [7, 11) is 0. The van der Waals surface area contributed by atoms with Crippen molar-refractivity contribution < 1.29 is 0 Å². The Kier molecular flexibility index (Phi) is 4.75. The van der Waals surface area contributed by atoms with E-state index in [9.17, 15) is 0 Å². The van der Waals surface area contributed by atoms with E-state index in [4.69, 9.17) is 0 Å². The molecule has 0 spiro atoms. The van der Waals surface area contributed by atoms with E-state index in [-0.39, 0.29) is 0 Å². The minimum Gasteiger partial charge on any atom is -0.365 e. The van der Waals surface area contributed by atoms with Crippen LogP contribution in [0.2, 0.25) is 0 Å². The van der Waals surface area contributed by atoms with Crippen LogP contribution in [0.3, 0.4) is 0 Å². The second-order valence-electron chi connectivity index (χ2n) is 5.27. The molecule has 0 aromatic carbocycles. The molecule has 0 amide bonds. The summed E-state index contributed by atoms with van der Waals surface area (Å²) in [4.78, 5) is 13.2. The van der Waals surface area contributed by atoms with Crippen LogP contribution in [0.4, 0.5) is 11.8 Å². The van der Waals surface area contributed by atoms with Crippen LogP contribution in [0.1, 0.15) is 12.5 Å². The predicted molar refractivity (Wildman–Crippen MR) is 85.7 cm³/mol. The molecule has 1 fully saturated rings. The number of aromatic nitrogens is 4. The zero-order chi connectivity index (χ0) is 15.2. The number of pyridine rings is 1. The highest BCUT2D eigenvalue weighted by Gasteiger charge is 2.18. The summed E-state index contributed by atoms with van der Waals surface area (Å²) in [6.07, 6.45) is 5.23. The molecular weight excluding hydrogens is 278 g/mol. The molecule has 7 nitrogen and oxygen atoms in total. The Morgan fingerprint density at radius 2 is 1.91 bits per heavy atom. The number of piperazine rings is 1. The van der Waals surface area contributed by atoms with Crippen molar-refractivity contribution in [3.63, 3.8) is 0 Å². The second kappa shape index (κ2) is 7.13. The molecular formula is C15H21N7. The highest BCUT2D eigenvalue weighted by molar-refractivity contribution is 5.39. The molecule has 0 atom stereocenters. The molecule has 3 heterocycles. The highest BCUT2D eigenvalue weighted by Crippen LogP contribution is 2.12. The Hall–Kier alpha value is -2.28. The summed E-state index contributed by atoms with van der Waals surface area (Å²) in [5.74, 6) is 1.45. The molecule has 1 aliphatic heterocycles. The maximum atomic E-state index is 4.57. The third-order valence-electron chi connectivity index (χ3n) is 3.87. The fourth-order valence-corrected chi connectivity index (χ4v) is 2.47. The standard InChI is InChI=1S/C15H21N7/c1-2-21-7-9-22(10-8-21)15-19-14(12-18-20-15)17-11-13-3-5-16-6-4-13/h3-6,12H,2,7-11H2,1H3,(H,17,19,20). The van der Waals surface area contributed by atoms with Crippen molar-refractivity contribution in [1.29, 1.82) is 0 Å². The summed E-state index contributed by atoms with van der Waals surface area (Å²) in [5, 5.41) is 11.5. The third kappa shape index (κ3) is 3.67. The predicted octanol–water partition coefficient (Wildman–Crippen LogP) is 1.02. The van der Waals surface area contributed by atoms with Crippen molar-refractivity contribution in [3.8, 4) is 0 Å². The van der Waals surface area contributed by atoms with Crippen LogP contribution in [-0.4, -0.2) is 57.8 Å². The van der Waals surface area contributed by atoms with Crippen LogP contribution in [0.25, 0.3) is 0 Å². The summed E-state index contributed by atoms with van der Waals surface area (Å²) < 4.78 is 0. The fourth-order valence-electron chi connectivity index (χ4n) is 2.47. The summed E-state index contributed by atoms with van der Waals surface area (Å²) in [5.41, 5.74) is 1.16. The van der Waals surface area contributed by atoms with Gasteiger partial charge >= 0.3 is 0 Å². The van der Waals surface area contributed by atoms with Gasteiger partial charge < -0.3 is 15.1 Å². The molecule has 0 radical (unpaired) electrons. The maximum Gasteiger partial charge on any atom is 0.247 e. The van der Waals surface area contributed by atoms with Gasteiger partial charge in [-0.25, -0.2) is 0 Å². The summed E-state index contributed by atoms with van der Waals surface area (Å²) in [6, 6.07) is 3.96. The second-order valence-corrected chi connectivity index (χ2v) is 5.27. The molecule has 3 rings (SSSR count). The number of rotatable bonds is 5. The molecule has 116 valence electrons. The average Bonchev–Trinajstić information content (AvgIpc) is 2.61. The Bertz CT molecular complexity index is 581. The molecule has 2 aromatic rings. The molecule has 1 N–H and O–H groups in total. The minimum atomic E-state index is 0.699. The minimum absolute atomic E-state index is 0.699. The first-order chi connectivity index (χ1) is 10.8. The van der Waals surface area contributed by atoms with Gasteiger partial charge in [-0.3, -0.25) is 4.98 Å². The lowest BCUT2D eigenvalue weighted by Crippen LogP contribution is -2.46. The van der Waals surface area contributed by atoms with E-state index in [2.05, 4.69) is 42.2 Å². The monoisotopic (exact) mass is 299 g/mol. The van der Waals surface area contributed by atoms with Crippen LogP contribution in [0.5, 0.6) is 0 Å². The lowest BCUT2D eigenvalue weighted by molar-refractivity contribution is 0.269. The van der Waals surface area contributed by atoms with Gasteiger partial charge in [-0.05, 0) is 24.2 Å². The summed E-state index contributed by atoms with van der Waals surface area (Å²) in [6.45, 7) is 7.98. The van der Waals surface area contributed by atoms with Crippen LogP contribution >= 0.6 is 0 Å². The smallest absolute Gasteiger partial charge is 0.247 e. The van der Waals surface area contributed by atoms with Gasteiger partial charge in [0.2, 0.25) is 5.95 Å². The molecule has 22 heavy (non-hydrogen) atoms. The van der Waals surface area contributed by atoms with Crippen molar-refractivity contribution in [3.05, 3.63) is 36.3 Å². The first-order valence-corrected chi connectivity index (χ1v) is 7.65. The molecule has 0 saturated carbocycles. The van der Waals surface area contributed by atoms with Crippen molar-refractivity contribution in [2.45, 2.75) is 13.5 Å². The first-order valence-electron chi connectivity index (χ1n) is 7.65. The van der Waals surface area contributed by atoms with Crippen molar-refractivity contribution in [1.82, 2.24) is 25.1 Å². The van der Waals surface area contributed by atoms with Gasteiger partial charge in [0.15, 0.2) is 5.82 Å². The maximum absolute atomic E-state index is 4.57. The normalized spacial score (nSPS) is 15.8. The number of hydrogen-bond acceptors (Lipinski definition) is 7. The van der Waals surface area contributed by atoms with Crippen molar-refractivity contribution >= 4 is 11.8 Å². The number of anilines is 2. The molecule has 0 bridgehead atoms. The van der Waals surface area contributed by atoms with Crippen LogP contribution < -0.4 is 10.2 Å². The van der Waals surface area contributed by atoms with E-state index in [0.29, 0.717) is 12.5 Å². The quantitative estimate of drug-likeness (QED) is 0.884. The van der Waals surface area contributed by atoms with Gasteiger partial charge in [0.05, 0.1) is 6.20 Å². The fraction of sp³-hybridized carbons (Fsp3) is 0.467. The zero-order valence-corrected chi connectivity index (χ0v) is 12.8. The number of likely N-dealkylation sites (N-methyl/N-ethyl adjacent to an activating group) is 1. The lowest BCUT2D eigenvalue weighted by atomic mass is 10.3. The molecule has 0 unspecified atom stereocenters. The van der Waals surface area contributed by atoms with Gasteiger partial charge in [-0.2, -0.15) is 10.1 Å². The summed E-state index contributed by atoms with van der Waals surface area (Å²) >= 11 is 0. The highest BCUT2D eigenvalue weighted by atomic mass is 15.4. The third-order valence-corrected chi connectivity index (χ3v) is 3.87. The lowest BCUT2D eigenvalue weighted by Gasteiger charge is -2.33. The Morgan fingerprint density at radius 3 is 2.64 bits per heavy atom. The van der Waals surface area contributed by atoms with E-state index < -0.39 is 0 Å². The molecule has 0 aliphatic carbocycles.